The van der Waals surface area contributed by atoms with E-state index in [0.29, 0.717) is 12.7 Å². The van der Waals surface area contributed by atoms with Gasteiger partial charge in [-0.2, -0.15) is 0 Å². The van der Waals surface area contributed by atoms with Crippen LogP contribution in [-0.2, 0) is 4.74 Å². The Balaban J connectivity index is 2.00. The molecule has 3 nitrogen and oxygen atoms in total. The molecule has 0 aromatic heterocycles. The van der Waals surface area contributed by atoms with Gasteiger partial charge in [-0.3, -0.25) is 0 Å². The Kier molecular flexibility index (Phi) is 5.67. The van der Waals surface area contributed by atoms with Gasteiger partial charge in [0.1, 0.15) is 5.75 Å². The Hall–Kier alpha value is -1.06. The predicted octanol–water partition coefficient (Wildman–Crippen LogP) is 3.31. The highest BCUT2D eigenvalue weighted by atomic mass is 16.5. The maximum Gasteiger partial charge on any atom is 0.120 e. The van der Waals surface area contributed by atoms with Crippen LogP contribution < -0.4 is 10.1 Å². The van der Waals surface area contributed by atoms with Crippen molar-refractivity contribution in [2.24, 2.45) is 0 Å². The van der Waals surface area contributed by atoms with Crippen LogP contribution >= 0.6 is 0 Å². The minimum Gasteiger partial charge on any atom is -0.490 e. The molecule has 1 aliphatic rings. The van der Waals surface area contributed by atoms with Crippen LogP contribution in [0.15, 0.2) is 24.3 Å². The van der Waals surface area contributed by atoms with Crippen molar-refractivity contribution in [3.8, 4) is 5.75 Å². The van der Waals surface area contributed by atoms with Crippen LogP contribution in [-0.4, -0.2) is 25.9 Å². The molecule has 0 amide bonds. The second-order valence-corrected chi connectivity index (χ2v) is 5.06. The Morgan fingerprint density at radius 3 is 2.84 bits per heavy atom. The van der Waals surface area contributed by atoms with E-state index in [-0.39, 0.29) is 6.04 Å². The lowest BCUT2D eigenvalue weighted by atomic mass is 10.1. The fraction of sp³-hybridized carbons (Fsp3) is 0.625. The van der Waals surface area contributed by atoms with Crippen molar-refractivity contribution in [1.82, 2.24) is 5.32 Å². The summed E-state index contributed by atoms with van der Waals surface area (Å²) < 4.78 is 11.4. The summed E-state index contributed by atoms with van der Waals surface area (Å²) in [5.41, 5.74) is 1.25. The third kappa shape index (κ3) is 4.84. The molecule has 0 radical (unpaired) electrons. The lowest BCUT2D eigenvalue weighted by molar-refractivity contribution is 0.123. The van der Waals surface area contributed by atoms with Crippen molar-refractivity contribution in [3.63, 3.8) is 0 Å². The fourth-order valence-corrected chi connectivity index (χ4v) is 2.01. The zero-order valence-electron chi connectivity index (χ0n) is 12.0. The van der Waals surface area contributed by atoms with Gasteiger partial charge in [0.05, 0.1) is 18.8 Å². The molecule has 1 unspecified atom stereocenters. The number of hydrogen-bond donors (Lipinski definition) is 1. The van der Waals surface area contributed by atoms with Gasteiger partial charge in [0.15, 0.2) is 0 Å². The van der Waals surface area contributed by atoms with Crippen LogP contribution in [0.5, 0.6) is 5.75 Å². The predicted molar refractivity (Wildman–Crippen MR) is 77.6 cm³/mol. The standard InChI is InChI=1S/C16H25NO2/c1-3-10-17-16(12-18-4-2)13-6-5-7-15(11-13)19-14-8-9-14/h5-7,11,14,16-17H,3-4,8-10,12H2,1-2H3. The summed E-state index contributed by atoms with van der Waals surface area (Å²) in [5, 5.41) is 3.54. The van der Waals surface area contributed by atoms with E-state index in [2.05, 4.69) is 30.4 Å². The lowest BCUT2D eigenvalue weighted by Crippen LogP contribution is -2.26. The van der Waals surface area contributed by atoms with Gasteiger partial charge in [-0.05, 0) is 50.4 Å². The van der Waals surface area contributed by atoms with Gasteiger partial charge < -0.3 is 14.8 Å². The van der Waals surface area contributed by atoms with Gasteiger partial charge in [0.2, 0.25) is 0 Å². The molecule has 1 saturated carbocycles. The Morgan fingerprint density at radius 2 is 2.16 bits per heavy atom. The van der Waals surface area contributed by atoms with Crippen molar-refractivity contribution < 1.29 is 9.47 Å². The molecule has 0 spiro atoms. The highest BCUT2D eigenvalue weighted by Gasteiger charge is 2.23. The van der Waals surface area contributed by atoms with Crippen LogP contribution in [0.1, 0.15) is 44.7 Å². The van der Waals surface area contributed by atoms with E-state index in [1.54, 1.807) is 0 Å². The van der Waals surface area contributed by atoms with Crippen LogP contribution in [0, 0.1) is 0 Å². The minimum absolute atomic E-state index is 0.252. The summed E-state index contributed by atoms with van der Waals surface area (Å²) in [6, 6.07) is 8.65. The molecule has 0 bridgehead atoms. The summed E-state index contributed by atoms with van der Waals surface area (Å²) >= 11 is 0. The van der Waals surface area contributed by atoms with Crippen molar-refractivity contribution in [1.29, 1.82) is 0 Å². The van der Waals surface area contributed by atoms with Crippen molar-refractivity contribution in [2.45, 2.75) is 45.3 Å². The number of benzene rings is 1. The van der Waals surface area contributed by atoms with E-state index < -0.39 is 0 Å². The average molecular weight is 263 g/mol. The Labute approximate surface area is 116 Å². The van der Waals surface area contributed by atoms with Gasteiger partial charge in [-0.15, -0.1) is 0 Å². The van der Waals surface area contributed by atoms with E-state index >= 15 is 0 Å². The molecule has 0 saturated heterocycles. The Bertz CT molecular complexity index is 369. The normalized spacial score (nSPS) is 16.3. The SMILES string of the molecule is CCCNC(COCC)c1cccc(OC2CC2)c1. The van der Waals surface area contributed by atoms with Gasteiger partial charge in [0, 0.05) is 6.61 Å². The van der Waals surface area contributed by atoms with Gasteiger partial charge in [0.25, 0.3) is 0 Å². The highest BCUT2D eigenvalue weighted by molar-refractivity contribution is 5.31. The topological polar surface area (TPSA) is 30.5 Å². The van der Waals surface area contributed by atoms with E-state index in [4.69, 9.17) is 9.47 Å². The molecule has 0 aliphatic heterocycles. The van der Waals surface area contributed by atoms with E-state index in [1.807, 2.05) is 13.0 Å². The second kappa shape index (κ2) is 7.51. The van der Waals surface area contributed by atoms with Crippen molar-refractivity contribution in [3.05, 3.63) is 29.8 Å². The third-order valence-corrected chi connectivity index (χ3v) is 3.22. The van der Waals surface area contributed by atoms with E-state index in [1.165, 1.54) is 18.4 Å². The monoisotopic (exact) mass is 263 g/mol. The molecule has 106 valence electrons. The molecule has 19 heavy (non-hydrogen) atoms. The maximum atomic E-state index is 5.86. The van der Waals surface area contributed by atoms with E-state index in [0.717, 1.165) is 25.3 Å². The number of ether oxygens (including phenoxy) is 2. The van der Waals surface area contributed by atoms with Gasteiger partial charge >= 0.3 is 0 Å². The summed E-state index contributed by atoms with van der Waals surface area (Å²) in [5.74, 6) is 0.986. The van der Waals surface area contributed by atoms with Crippen LogP contribution in [0.4, 0.5) is 0 Å². The average Bonchev–Trinajstić information content (AvgIpc) is 3.23. The Morgan fingerprint density at radius 1 is 1.32 bits per heavy atom. The minimum atomic E-state index is 0.252. The van der Waals surface area contributed by atoms with Gasteiger partial charge in [-0.1, -0.05) is 19.1 Å². The third-order valence-electron chi connectivity index (χ3n) is 3.22. The molecule has 1 aliphatic carbocycles. The summed E-state index contributed by atoms with van der Waals surface area (Å²) in [7, 11) is 0. The molecule has 1 aromatic carbocycles. The quantitative estimate of drug-likeness (QED) is 0.741. The molecule has 0 heterocycles. The molecule has 1 atom stereocenters. The van der Waals surface area contributed by atoms with Crippen molar-refractivity contribution >= 4 is 0 Å². The van der Waals surface area contributed by atoms with Crippen molar-refractivity contribution in [2.75, 3.05) is 19.8 Å². The summed E-state index contributed by atoms with van der Waals surface area (Å²) in [6.07, 6.45) is 3.96. The largest absolute Gasteiger partial charge is 0.490 e. The first kappa shape index (κ1) is 14.4. The maximum absolute atomic E-state index is 5.86. The number of nitrogens with one attached hydrogen (secondary N) is 1. The summed E-state index contributed by atoms with van der Waals surface area (Å²) in [4.78, 5) is 0. The van der Waals surface area contributed by atoms with Crippen LogP contribution in [0.2, 0.25) is 0 Å². The smallest absolute Gasteiger partial charge is 0.120 e. The highest BCUT2D eigenvalue weighted by Crippen LogP contribution is 2.28. The summed E-state index contributed by atoms with van der Waals surface area (Å²) in [6.45, 7) is 6.68. The molecule has 1 aromatic rings. The molecule has 3 heteroatoms. The molecule has 1 fully saturated rings. The molecular formula is C16H25NO2. The first-order chi connectivity index (χ1) is 9.33. The lowest BCUT2D eigenvalue weighted by Gasteiger charge is -2.19. The van der Waals surface area contributed by atoms with Crippen LogP contribution in [0.3, 0.4) is 0 Å². The first-order valence-electron chi connectivity index (χ1n) is 7.41. The molecule has 2 rings (SSSR count). The van der Waals surface area contributed by atoms with E-state index in [9.17, 15) is 0 Å². The first-order valence-corrected chi connectivity index (χ1v) is 7.41. The van der Waals surface area contributed by atoms with Gasteiger partial charge in [-0.25, -0.2) is 0 Å². The zero-order chi connectivity index (χ0) is 13.5. The molecule has 1 N–H and O–H groups in total. The molecular weight excluding hydrogens is 238 g/mol. The number of hydrogen-bond acceptors (Lipinski definition) is 3. The second-order valence-electron chi connectivity index (χ2n) is 5.06. The number of rotatable bonds is 9. The zero-order valence-corrected chi connectivity index (χ0v) is 12.0. The fourth-order valence-electron chi connectivity index (χ4n) is 2.01. The van der Waals surface area contributed by atoms with Crippen LogP contribution in [0.25, 0.3) is 0 Å².